The summed E-state index contributed by atoms with van der Waals surface area (Å²) < 4.78 is 25.8. The topological polar surface area (TPSA) is 125 Å². The summed E-state index contributed by atoms with van der Waals surface area (Å²) in [6.07, 6.45) is 6.03. The van der Waals surface area contributed by atoms with Gasteiger partial charge in [-0.3, -0.25) is 4.68 Å². The number of anilines is 3. The lowest BCUT2D eigenvalue weighted by Crippen LogP contribution is -2.51. The molecule has 2 aromatic rings. The maximum absolute atomic E-state index is 11.4. The highest BCUT2D eigenvalue weighted by molar-refractivity contribution is 7.88. The van der Waals surface area contributed by atoms with E-state index in [0.29, 0.717) is 48.7 Å². The Labute approximate surface area is 156 Å². The molecule has 1 fully saturated rings. The number of nitrogens with zero attached hydrogens (tertiary/aromatic N) is 5. The van der Waals surface area contributed by atoms with Gasteiger partial charge < -0.3 is 15.7 Å². The van der Waals surface area contributed by atoms with Gasteiger partial charge in [0.25, 0.3) is 0 Å². The lowest BCUT2D eigenvalue weighted by Gasteiger charge is -2.37. The second kappa shape index (κ2) is 7.74. The third-order valence-corrected chi connectivity index (χ3v) is 5.43. The van der Waals surface area contributed by atoms with Crippen molar-refractivity contribution < 1.29 is 13.5 Å². The maximum Gasteiger partial charge on any atom is 0.229 e. The molecular formula is C14H20ClN7O3S. The highest BCUT2D eigenvalue weighted by Crippen LogP contribution is 2.24. The molecule has 0 amide bonds. The van der Waals surface area contributed by atoms with Crippen LogP contribution in [0, 0.1) is 5.92 Å². The fourth-order valence-electron chi connectivity index (χ4n) is 2.50. The minimum Gasteiger partial charge on any atom is -0.394 e. The van der Waals surface area contributed by atoms with Gasteiger partial charge in [0.2, 0.25) is 16.0 Å². The van der Waals surface area contributed by atoms with Crippen molar-refractivity contribution in [2.24, 2.45) is 5.92 Å². The Hall–Kier alpha value is -1.95. The molecule has 26 heavy (non-hydrogen) atoms. The number of halogens is 1. The van der Waals surface area contributed by atoms with Crippen LogP contribution in [0.2, 0.25) is 5.02 Å². The minimum atomic E-state index is -3.11. The Balaban J connectivity index is 1.57. The lowest BCUT2D eigenvalue weighted by atomic mass is 10.0. The molecule has 142 valence electrons. The van der Waals surface area contributed by atoms with Crippen LogP contribution in [-0.2, 0) is 16.6 Å². The summed E-state index contributed by atoms with van der Waals surface area (Å²) in [5.41, 5.74) is 0.689. The molecule has 3 rings (SSSR count). The number of hydrogen-bond acceptors (Lipinski definition) is 8. The molecule has 1 aliphatic heterocycles. The quantitative estimate of drug-likeness (QED) is 0.579. The smallest absolute Gasteiger partial charge is 0.229 e. The molecule has 0 spiro atoms. The SMILES string of the molecule is CS(=O)(=O)N1CC(CNc2nc(Nc3cnn(CCO)c3)ncc2Cl)C1. The van der Waals surface area contributed by atoms with Gasteiger partial charge in [-0.1, -0.05) is 11.6 Å². The van der Waals surface area contributed by atoms with Gasteiger partial charge in [-0.15, -0.1) is 0 Å². The van der Waals surface area contributed by atoms with Gasteiger partial charge in [0.15, 0.2) is 5.82 Å². The van der Waals surface area contributed by atoms with Crippen LogP contribution in [0.4, 0.5) is 17.5 Å². The Bertz CT molecular complexity index is 867. The van der Waals surface area contributed by atoms with Crippen molar-refractivity contribution >= 4 is 39.1 Å². The molecule has 0 aliphatic carbocycles. The van der Waals surface area contributed by atoms with E-state index in [-0.39, 0.29) is 12.5 Å². The van der Waals surface area contributed by atoms with E-state index in [1.807, 2.05) is 0 Å². The van der Waals surface area contributed by atoms with E-state index in [0.717, 1.165) is 0 Å². The second-order valence-corrected chi connectivity index (χ2v) is 8.45. The van der Waals surface area contributed by atoms with E-state index in [9.17, 15) is 8.42 Å². The van der Waals surface area contributed by atoms with Crippen molar-refractivity contribution in [2.75, 3.05) is 43.1 Å². The third-order valence-electron chi connectivity index (χ3n) is 3.91. The van der Waals surface area contributed by atoms with Crippen LogP contribution in [-0.4, -0.2) is 70.1 Å². The summed E-state index contributed by atoms with van der Waals surface area (Å²) in [5.74, 6) is 1.04. The van der Waals surface area contributed by atoms with Gasteiger partial charge in [-0.05, 0) is 0 Å². The Morgan fingerprint density at radius 2 is 2.15 bits per heavy atom. The number of sulfonamides is 1. The minimum absolute atomic E-state index is 0.00452. The van der Waals surface area contributed by atoms with E-state index < -0.39 is 10.0 Å². The van der Waals surface area contributed by atoms with Crippen molar-refractivity contribution in [3.63, 3.8) is 0 Å². The largest absolute Gasteiger partial charge is 0.394 e. The van der Waals surface area contributed by atoms with Crippen LogP contribution in [0.15, 0.2) is 18.6 Å². The first-order chi connectivity index (χ1) is 12.3. The molecule has 3 N–H and O–H groups in total. The lowest BCUT2D eigenvalue weighted by molar-refractivity contribution is 0.213. The van der Waals surface area contributed by atoms with Crippen molar-refractivity contribution in [2.45, 2.75) is 6.54 Å². The van der Waals surface area contributed by atoms with Crippen LogP contribution < -0.4 is 10.6 Å². The van der Waals surface area contributed by atoms with E-state index >= 15 is 0 Å². The molecule has 1 aliphatic rings. The zero-order valence-electron chi connectivity index (χ0n) is 14.1. The molecule has 2 aromatic heterocycles. The predicted octanol–water partition coefficient (Wildman–Crippen LogP) is 0.366. The van der Waals surface area contributed by atoms with Gasteiger partial charge in [-0.2, -0.15) is 10.1 Å². The number of nitrogens with one attached hydrogen (secondary N) is 2. The van der Waals surface area contributed by atoms with Crippen molar-refractivity contribution in [3.8, 4) is 0 Å². The Kier molecular flexibility index (Phi) is 5.61. The van der Waals surface area contributed by atoms with E-state index in [1.165, 1.54) is 16.8 Å². The average Bonchev–Trinajstić information content (AvgIpc) is 2.95. The molecular weight excluding hydrogens is 382 g/mol. The van der Waals surface area contributed by atoms with Crippen LogP contribution in [0.3, 0.4) is 0 Å². The van der Waals surface area contributed by atoms with E-state index in [4.69, 9.17) is 16.7 Å². The standard InChI is InChI=1S/C14H20ClN7O3S/c1-26(24,25)22-7-10(8-22)4-16-13-12(15)6-17-14(20-13)19-11-5-18-21(9-11)2-3-23/h5-6,9-10,23H,2-4,7-8H2,1H3,(H2,16,17,19,20). The molecule has 10 nitrogen and oxygen atoms in total. The van der Waals surface area contributed by atoms with Crippen molar-refractivity contribution in [1.29, 1.82) is 0 Å². The van der Waals surface area contributed by atoms with Gasteiger partial charge in [-0.25, -0.2) is 17.7 Å². The van der Waals surface area contributed by atoms with Crippen LogP contribution >= 0.6 is 11.6 Å². The molecule has 12 heteroatoms. The highest BCUT2D eigenvalue weighted by atomic mass is 35.5. The summed E-state index contributed by atoms with van der Waals surface area (Å²) in [7, 11) is -3.11. The van der Waals surface area contributed by atoms with Gasteiger partial charge in [0.1, 0.15) is 5.02 Å². The average molecular weight is 402 g/mol. The summed E-state index contributed by atoms with van der Waals surface area (Å²) in [4.78, 5) is 8.46. The van der Waals surface area contributed by atoms with Crippen LogP contribution in [0.25, 0.3) is 0 Å². The van der Waals surface area contributed by atoms with Gasteiger partial charge in [0, 0.05) is 31.7 Å². The number of aliphatic hydroxyl groups excluding tert-OH is 1. The first kappa shape index (κ1) is 18.8. The Morgan fingerprint density at radius 3 is 2.85 bits per heavy atom. The number of aromatic nitrogens is 4. The highest BCUT2D eigenvalue weighted by Gasteiger charge is 2.32. The number of hydrogen-bond donors (Lipinski definition) is 3. The summed E-state index contributed by atoms with van der Waals surface area (Å²) in [6.45, 7) is 1.95. The van der Waals surface area contributed by atoms with Crippen LogP contribution in [0.5, 0.6) is 0 Å². The fraction of sp³-hybridized carbons (Fsp3) is 0.500. The summed E-state index contributed by atoms with van der Waals surface area (Å²) in [6, 6.07) is 0. The molecule has 0 bridgehead atoms. The third kappa shape index (κ3) is 4.61. The zero-order chi connectivity index (χ0) is 18.7. The van der Waals surface area contributed by atoms with Crippen molar-refractivity contribution in [1.82, 2.24) is 24.1 Å². The van der Waals surface area contributed by atoms with Crippen molar-refractivity contribution in [3.05, 3.63) is 23.6 Å². The van der Waals surface area contributed by atoms with Gasteiger partial charge in [0.05, 0.1) is 37.5 Å². The summed E-state index contributed by atoms with van der Waals surface area (Å²) in [5, 5.41) is 19.5. The summed E-state index contributed by atoms with van der Waals surface area (Å²) >= 11 is 6.12. The molecule has 0 atom stereocenters. The molecule has 0 radical (unpaired) electrons. The molecule has 1 saturated heterocycles. The van der Waals surface area contributed by atoms with Crippen LogP contribution in [0.1, 0.15) is 0 Å². The molecule has 0 unspecified atom stereocenters. The normalized spacial score (nSPS) is 15.7. The predicted molar refractivity (Wildman–Crippen MR) is 98.0 cm³/mol. The fourth-order valence-corrected chi connectivity index (χ4v) is 3.62. The number of aliphatic hydroxyl groups is 1. The first-order valence-corrected chi connectivity index (χ1v) is 10.2. The molecule has 0 aromatic carbocycles. The molecule has 3 heterocycles. The number of rotatable bonds is 8. The molecule has 0 saturated carbocycles. The monoisotopic (exact) mass is 401 g/mol. The first-order valence-electron chi connectivity index (χ1n) is 7.97. The van der Waals surface area contributed by atoms with E-state index in [2.05, 4.69) is 25.7 Å². The second-order valence-electron chi connectivity index (χ2n) is 6.06. The van der Waals surface area contributed by atoms with Gasteiger partial charge >= 0.3 is 0 Å². The zero-order valence-corrected chi connectivity index (χ0v) is 15.7. The maximum atomic E-state index is 11.4. The van der Waals surface area contributed by atoms with E-state index in [1.54, 1.807) is 17.1 Å². The Morgan fingerprint density at radius 1 is 1.38 bits per heavy atom.